The maximum absolute atomic E-state index is 6.09. The quantitative estimate of drug-likeness (QED) is 0.787. The standard InChI is InChI=1S/C13H21N3O/c1-10-9-15(2)6-7-16(10)13-5-4-11(17-3)8-12(13)14/h4-5,8,10H,6-7,9,14H2,1-3H3. The summed E-state index contributed by atoms with van der Waals surface area (Å²) in [4.78, 5) is 4.72. The van der Waals surface area contributed by atoms with E-state index in [1.54, 1.807) is 7.11 Å². The second-order valence-electron chi connectivity index (χ2n) is 4.73. The van der Waals surface area contributed by atoms with Crippen LogP contribution in [-0.2, 0) is 0 Å². The molecule has 1 aliphatic rings. The van der Waals surface area contributed by atoms with Crippen molar-refractivity contribution in [1.29, 1.82) is 0 Å². The summed E-state index contributed by atoms with van der Waals surface area (Å²) < 4.78 is 5.17. The third-order valence-electron chi connectivity index (χ3n) is 3.37. The van der Waals surface area contributed by atoms with Gasteiger partial charge in [0.25, 0.3) is 0 Å². The highest BCUT2D eigenvalue weighted by molar-refractivity contribution is 5.70. The molecular weight excluding hydrogens is 214 g/mol. The first kappa shape index (κ1) is 12.0. The lowest BCUT2D eigenvalue weighted by atomic mass is 10.1. The minimum Gasteiger partial charge on any atom is -0.497 e. The van der Waals surface area contributed by atoms with Crippen LogP contribution in [0.3, 0.4) is 0 Å². The first-order valence-corrected chi connectivity index (χ1v) is 6.00. The fourth-order valence-electron chi connectivity index (χ4n) is 2.42. The molecule has 2 N–H and O–H groups in total. The predicted molar refractivity (Wildman–Crippen MR) is 71.7 cm³/mol. The highest BCUT2D eigenvalue weighted by atomic mass is 16.5. The topological polar surface area (TPSA) is 41.7 Å². The Morgan fingerprint density at radius 3 is 2.71 bits per heavy atom. The van der Waals surface area contributed by atoms with E-state index in [0.29, 0.717) is 6.04 Å². The number of hydrogen-bond acceptors (Lipinski definition) is 4. The van der Waals surface area contributed by atoms with Crippen LogP contribution in [0.15, 0.2) is 18.2 Å². The molecule has 1 fully saturated rings. The van der Waals surface area contributed by atoms with Crippen molar-refractivity contribution in [2.45, 2.75) is 13.0 Å². The monoisotopic (exact) mass is 235 g/mol. The Hall–Kier alpha value is -1.42. The molecule has 1 aromatic rings. The van der Waals surface area contributed by atoms with E-state index in [0.717, 1.165) is 36.8 Å². The Morgan fingerprint density at radius 2 is 2.12 bits per heavy atom. The molecule has 17 heavy (non-hydrogen) atoms. The molecule has 0 amide bonds. The predicted octanol–water partition coefficient (Wildman–Crippen LogP) is 1.42. The summed E-state index contributed by atoms with van der Waals surface area (Å²) in [6.07, 6.45) is 0. The fourth-order valence-corrected chi connectivity index (χ4v) is 2.42. The zero-order valence-electron chi connectivity index (χ0n) is 10.8. The van der Waals surface area contributed by atoms with E-state index in [4.69, 9.17) is 10.5 Å². The summed E-state index contributed by atoms with van der Waals surface area (Å²) in [6, 6.07) is 6.40. The number of nitrogen functional groups attached to an aromatic ring is 1. The SMILES string of the molecule is COc1ccc(N2CCN(C)CC2C)c(N)c1. The number of benzene rings is 1. The molecule has 0 aliphatic carbocycles. The van der Waals surface area contributed by atoms with Crippen molar-refractivity contribution < 1.29 is 4.74 Å². The zero-order valence-corrected chi connectivity index (χ0v) is 10.8. The lowest BCUT2D eigenvalue weighted by molar-refractivity contribution is 0.275. The third kappa shape index (κ3) is 2.47. The second kappa shape index (κ2) is 4.84. The van der Waals surface area contributed by atoms with E-state index in [-0.39, 0.29) is 0 Å². The Labute approximate surface area is 103 Å². The molecule has 1 saturated heterocycles. The van der Waals surface area contributed by atoms with Crippen molar-refractivity contribution in [1.82, 2.24) is 4.90 Å². The molecule has 2 rings (SSSR count). The van der Waals surface area contributed by atoms with Crippen LogP contribution in [0.5, 0.6) is 5.75 Å². The molecule has 0 spiro atoms. The Kier molecular flexibility index (Phi) is 3.43. The lowest BCUT2D eigenvalue weighted by Crippen LogP contribution is -2.50. The van der Waals surface area contributed by atoms with E-state index in [9.17, 15) is 0 Å². The second-order valence-corrected chi connectivity index (χ2v) is 4.73. The van der Waals surface area contributed by atoms with Crippen molar-refractivity contribution in [2.24, 2.45) is 0 Å². The number of rotatable bonds is 2. The maximum atomic E-state index is 6.09. The normalized spacial score (nSPS) is 21.6. The van der Waals surface area contributed by atoms with Gasteiger partial charge in [0.15, 0.2) is 0 Å². The number of nitrogens with zero attached hydrogens (tertiary/aromatic N) is 2. The van der Waals surface area contributed by atoms with Crippen LogP contribution in [0.4, 0.5) is 11.4 Å². The molecule has 4 nitrogen and oxygen atoms in total. The van der Waals surface area contributed by atoms with Crippen molar-refractivity contribution in [3.8, 4) is 5.75 Å². The molecule has 1 unspecified atom stereocenters. The minimum atomic E-state index is 0.490. The number of nitrogens with two attached hydrogens (primary N) is 1. The van der Waals surface area contributed by atoms with E-state index in [2.05, 4.69) is 29.8 Å². The molecule has 1 aliphatic heterocycles. The summed E-state index contributed by atoms with van der Waals surface area (Å²) in [5, 5.41) is 0. The highest BCUT2D eigenvalue weighted by Gasteiger charge is 2.23. The Balaban J connectivity index is 2.22. The summed E-state index contributed by atoms with van der Waals surface area (Å²) in [5.74, 6) is 0.813. The van der Waals surface area contributed by atoms with E-state index < -0.39 is 0 Å². The fraction of sp³-hybridized carbons (Fsp3) is 0.538. The number of piperazine rings is 1. The number of ether oxygens (including phenoxy) is 1. The van der Waals surface area contributed by atoms with Crippen LogP contribution >= 0.6 is 0 Å². The van der Waals surface area contributed by atoms with Gasteiger partial charge in [0, 0.05) is 31.7 Å². The van der Waals surface area contributed by atoms with Gasteiger partial charge in [-0.3, -0.25) is 0 Å². The van der Waals surface area contributed by atoms with E-state index in [1.807, 2.05) is 12.1 Å². The molecule has 0 radical (unpaired) electrons. The van der Waals surface area contributed by atoms with Gasteiger partial charge in [-0.15, -0.1) is 0 Å². The molecule has 4 heteroatoms. The minimum absolute atomic E-state index is 0.490. The molecule has 0 saturated carbocycles. The van der Waals surface area contributed by atoms with Gasteiger partial charge < -0.3 is 20.3 Å². The van der Waals surface area contributed by atoms with Gasteiger partial charge in [-0.25, -0.2) is 0 Å². The smallest absolute Gasteiger partial charge is 0.121 e. The third-order valence-corrected chi connectivity index (χ3v) is 3.37. The molecular formula is C13H21N3O. The number of methoxy groups -OCH3 is 1. The molecule has 94 valence electrons. The summed E-state index contributed by atoms with van der Waals surface area (Å²) in [5.41, 5.74) is 8.00. The van der Waals surface area contributed by atoms with Crippen LogP contribution in [-0.4, -0.2) is 44.7 Å². The average molecular weight is 235 g/mol. The van der Waals surface area contributed by atoms with E-state index in [1.165, 1.54) is 0 Å². The van der Waals surface area contributed by atoms with Gasteiger partial charge in [-0.1, -0.05) is 0 Å². The largest absolute Gasteiger partial charge is 0.497 e. The van der Waals surface area contributed by atoms with Gasteiger partial charge in [-0.2, -0.15) is 0 Å². The first-order valence-electron chi connectivity index (χ1n) is 6.00. The molecule has 0 aromatic heterocycles. The van der Waals surface area contributed by atoms with Crippen molar-refractivity contribution in [3.05, 3.63) is 18.2 Å². The number of likely N-dealkylation sites (N-methyl/N-ethyl adjacent to an activating group) is 1. The summed E-state index contributed by atoms with van der Waals surface area (Å²) in [7, 11) is 3.82. The molecule has 1 atom stereocenters. The first-order chi connectivity index (χ1) is 8.11. The highest BCUT2D eigenvalue weighted by Crippen LogP contribution is 2.30. The number of anilines is 2. The van der Waals surface area contributed by atoms with Crippen molar-refractivity contribution in [3.63, 3.8) is 0 Å². The summed E-state index contributed by atoms with van der Waals surface area (Å²) >= 11 is 0. The Bertz CT molecular complexity index is 394. The van der Waals surface area contributed by atoms with Gasteiger partial charge in [0.05, 0.1) is 18.5 Å². The van der Waals surface area contributed by atoms with Gasteiger partial charge in [0.1, 0.15) is 5.75 Å². The van der Waals surface area contributed by atoms with Crippen molar-refractivity contribution in [2.75, 3.05) is 44.4 Å². The van der Waals surface area contributed by atoms with Crippen LogP contribution < -0.4 is 15.4 Å². The summed E-state index contributed by atoms with van der Waals surface area (Å²) in [6.45, 7) is 5.41. The van der Waals surface area contributed by atoms with E-state index >= 15 is 0 Å². The van der Waals surface area contributed by atoms with Gasteiger partial charge >= 0.3 is 0 Å². The van der Waals surface area contributed by atoms with Crippen LogP contribution in [0.1, 0.15) is 6.92 Å². The average Bonchev–Trinajstić information content (AvgIpc) is 2.30. The molecule has 0 bridgehead atoms. The zero-order chi connectivity index (χ0) is 12.4. The van der Waals surface area contributed by atoms with Crippen molar-refractivity contribution >= 4 is 11.4 Å². The van der Waals surface area contributed by atoms with Crippen LogP contribution in [0.2, 0.25) is 0 Å². The van der Waals surface area contributed by atoms with Gasteiger partial charge in [-0.05, 0) is 26.1 Å². The van der Waals surface area contributed by atoms with Crippen LogP contribution in [0.25, 0.3) is 0 Å². The molecule has 1 aromatic carbocycles. The Morgan fingerprint density at radius 1 is 1.35 bits per heavy atom. The lowest BCUT2D eigenvalue weighted by Gasteiger charge is -2.40. The van der Waals surface area contributed by atoms with Crippen LogP contribution in [0, 0.1) is 0 Å². The maximum Gasteiger partial charge on any atom is 0.121 e. The van der Waals surface area contributed by atoms with Gasteiger partial charge in [0.2, 0.25) is 0 Å². The molecule has 1 heterocycles. The number of hydrogen-bond donors (Lipinski definition) is 1.